The third-order valence-corrected chi connectivity index (χ3v) is 4.18. The molecule has 0 saturated carbocycles. The molecule has 0 rings (SSSR count). The number of methoxy groups -OCH3 is 2. The Kier molecular flexibility index (Phi) is 17.0. The van der Waals surface area contributed by atoms with Crippen LogP contribution in [-0.4, -0.2) is 26.2 Å². The third-order valence-electron chi connectivity index (χ3n) is 4.18. The maximum Gasteiger partial charge on any atom is 0.330 e. The van der Waals surface area contributed by atoms with Gasteiger partial charge in [0, 0.05) is 12.5 Å². The Balaban J connectivity index is 3.11. The second-order valence-corrected chi connectivity index (χ2v) is 6.28. The number of allylic oxidation sites excluding steroid dienone is 1. The molecule has 0 spiro atoms. The van der Waals surface area contributed by atoms with Crippen LogP contribution in [0, 0.1) is 0 Å². The van der Waals surface area contributed by atoms with Crippen LogP contribution in [0.4, 0.5) is 0 Å². The molecule has 0 aromatic rings. The highest BCUT2D eigenvalue weighted by Gasteiger charge is 1.99. The molecule has 0 aromatic carbocycles. The minimum Gasteiger partial charge on any atom is -0.469 e. The first-order valence-corrected chi connectivity index (χ1v) is 9.52. The number of ether oxygens (including phenoxy) is 2. The van der Waals surface area contributed by atoms with E-state index in [-0.39, 0.29) is 11.9 Å². The van der Waals surface area contributed by atoms with Crippen LogP contribution in [0.5, 0.6) is 0 Å². The molecule has 0 atom stereocenters. The number of rotatable bonds is 16. The molecule has 4 heteroatoms. The van der Waals surface area contributed by atoms with Gasteiger partial charge in [-0.3, -0.25) is 4.79 Å². The highest BCUT2D eigenvalue weighted by Crippen LogP contribution is 2.13. The Morgan fingerprint density at radius 2 is 1.12 bits per heavy atom. The van der Waals surface area contributed by atoms with Gasteiger partial charge in [0.1, 0.15) is 0 Å². The number of carbonyl (C=O) groups is 2. The zero-order chi connectivity index (χ0) is 17.9. The minimum absolute atomic E-state index is 0.0884. The molecule has 0 aliphatic heterocycles. The Morgan fingerprint density at radius 3 is 1.58 bits per heavy atom. The van der Waals surface area contributed by atoms with Gasteiger partial charge in [0.05, 0.1) is 14.2 Å². The van der Waals surface area contributed by atoms with E-state index >= 15 is 0 Å². The predicted octanol–water partition coefficient (Wildman–Crippen LogP) is 5.35. The smallest absolute Gasteiger partial charge is 0.330 e. The van der Waals surface area contributed by atoms with Crippen LogP contribution in [0.1, 0.15) is 89.9 Å². The summed E-state index contributed by atoms with van der Waals surface area (Å²) in [6.45, 7) is 0. The first-order valence-electron chi connectivity index (χ1n) is 9.52. The van der Waals surface area contributed by atoms with Crippen molar-refractivity contribution in [3.63, 3.8) is 0 Å². The summed E-state index contributed by atoms with van der Waals surface area (Å²) in [5, 5.41) is 0. The molecule has 24 heavy (non-hydrogen) atoms. The van der Waals surface area contributed by atoms with Gasteiger partial charge in [0.15, 0.2) is 0 Å². The molecule has 0 heterocycles. The molecule has 0 saturated heterocycles. The van der Waals surface area contributed by atoms with Gasteiger partial charge in [-0.05, 0) is 19.3 Å². The van der Waals surface area contributed by atoms with Crippen molar-refractivity contribution in [2.75, 3.05) is 14.2 Å². The van der Waals surface area contributed by atoms with Crippen LogP contribution >= 0.6 is 0 Å². The molecule has 0 amide bonds. The summed E-state index contributed by atoms with van der Waals surface area (Å²) in [5.74, 6) is -0.354. The lowest BCUT2D eigenvalue weighted by molar-refractivity contribution is -0.140. The van der Waals surface area contributed by atoms with E-state index in [1.165, 1.54) is 78.1 Å². The minimum atomic E-state index is -0.265. The number of hydrogen-bond acceptors (Lipinski definition) is 4. The van der Waals surface area contributed by atoms with Crippen molar-refractivity contribution in [1.82, 2.24) is 0 Å². The standard InChI is InChI=1S/C20H36O4/c1-23-19(21)17-15-13-11-9-7-5-3-4-6-8-10-12-14-16-18-20(22)24-2/h15,17H,3-14,16,18H2,1-2H3. The van der Waals surface area contributed by atoms with Crippen molar-refractivity contribution in [3.8, 4) is 0 Å². The lowest BCUT2D eigenvalue weighted by Crippen LogP contribution is -1.99. The van der Waals surface area contributed by atoms with E-state index in [1.54, 1.807) is 0 Å². The van der Waals surface area contributed by atoms with Gasteiger partial charge in [-0.1, -0.05) is 70.3 Å². The zero-order valence-electron chi connectivity index (χ0n) is 15.7. The Labute approximate surface area is 148 Å². The predicted molar refractivity (Wildman–Crippen MR) is 97.8 cm³/mol. The van der Waals surface area contributed by atoms with Gasteiger partial charge in [-0.25, -0.2) is 4.79 Å². The SMILES string of the molecule is COC(=O)C=CCCCCCCCCCCCCCCC(=O)OC. The van der Waals surface area contributed by atoms with Crippen molar-refractivity contribution in [3.05, 3.63) is 12.2 Å². The van der Waals surface area contributed by atoms with Crippen LogP contribution in [-0.2, 0) is 19.1 Å². The van der Waals surface area contributed by atoms with Crippen LogP contribution in [0.15, 0.2) is 12.2 Å². The number of hydrogen-bond donors (Lipinski definition) is 0. The summed E-state index contributed by atoms with van der Waals surface area (Å²) >= 11 is 0. The van der Waals surface area contributed by atoms with Crippen molar-refractivity contribution in [1.29, 1.82) is 0 Å². The summed E-state index contributed by atoms with van der Waals surface area (Å²) in [5.41, 5.74) is 0. The first kappa shape index (κ1) is 22.7. The van der Waals surface area contributed by atoms with E-state index in [0.29, 0.717) is 6.42 Å². The molecule has 0 aromatic heterocycles. The Morgan fingerprint density at radius 1 is 0.667 bits per heavy atom. The fraction of sp³-hybridized carbons (Fsp3) is 0.800. The van der Waals surface area contributed by atoms with Crippen LogP contribution in [0.25, 0.3) is 0 Å². The maximum atomic E-state index is 10.9. The molecule has 0 radical (unpaired) electrons. The van der Waals surface area contributed by atoms with Gasteiger partial charge in [0.2, 0.25) is 0 Å². The van der Waals surface area contributed by atoms with E-state index < -0.39 is 0 Å². The summed E-state index contributed by atoms with van der Waals surface area (Å²) in [6, 6.07) is 0. The van der Waals surface area contributed by atoms with E-state index in [2.05, 4.69) is 9.47 Å². The number of esters is 2. The lowest BCUT2D eigenvalue weighted by atomic mass is 10.0. The largest absolute Gasteiger partial charge is 0.469 e. The summed E-state index contributed by atoms with van der Waals surface area (Å²) in [7, 11) is 2.85. The molecule has 0 fully saturated rings. The molecule has 4 nitrogen and oxygen atoms in total. The second-order valence-electron chi connectivity index (χ2n) is 6.28. The first-order chi connectivity index (χ1) is 11.7. The normalized spacial score (nSPS) is 10.9. The van der Waals surface area contributed by atoms with Crippen LogP contribution in [0.3, 0.4) is 0 Å². The van der Waals surface area contributed by atoms with Gasteiger partial charge < -0.3 is 9.47 Å². The molecule has 0 aliphatic carbocycles. The summed E-state index contributed by atoms with van der Waals surface area (Å²) in [4.78, 5) is 21.8. The number of unbranched alkanes of at least 4 members (excludes halogenated alkanes) is 12. The third kappa shape index (κ3) is 17.0. The Hall–Kier alpha value is -1.32. The average Bonchev–Trinajstić information content (AvgIpc) is 2.60. The zero-order valence-corrected chi connectivity index (χ0v) is 15.7. The summed E-state index contributed by atoms with van der Waals surface area (Å²) in [6.07, 6.45) is 19.9. The maximum absolute atomic E-state index is 10.9. The quantitative estimate of drug-likeness (QED) is 0.216. The molecule has 0 unspecified atom stereocenters. The number of carbonyl (C=O) groups excluding carboxylic acids is 2. The molecule has 0 bridgehead atoms. The van der Waals surface area contributed by atoms with Crippen molar-refractivity contribution in [2.24, 2.45) is 0 Å². The molecule has 140 valence electrons. The monoisotopic (exact) mass is 340 g/mol. The van der Waals surface area contributed by atoms with E-state index in [9.17, 15) is 9.59 Å². The highest BCUT2D eigenvalue weighted by molar-refractivity contribution is 5.81. The molecular formula is C20H36O4. The fourth-order valence-corrected chi connectivity index (χ4v) is 2.65. The van der Waals surface area contributed by atoms with Crippen molar-refractivity contribution in [2.45, 2.75) is 89.9 Å². The van der Waals surface area contributed by atoms with Gasteiger partial charge in [-0.15, -0.1) is 0 Å². The van der Waals surface area contributed by atoms with Crippen molar-refractivity contribution >= 4 is 11.9 Å². The average molecular weight is 341 g/mol. The topological polar surface area (TPSA) is 52.6 Å². The van der Waals surface area contributed by atoms with E-state index in [4.69, 9.17) is 0 Å². The van der Waals surface area contributed by atoms with Crippen LogP contribution in [0.2, 0.25) is 0 Å². The Bertz CT molecular complexity index is 337. The summed E-state index contributed by atoms with van der Waals surface area (Å²) < 4.78 is 9.16. The molecule has 0 aliphatic rings. The van der Waals surface area contributed by atoms with Gasteiger partial charge >= 0.3 is 11.9 Å². The van der Waals surface area contributed by atoms with Gasteiger partial charge in [0.25, 0.3) is 0 Å². The highest BCUT2D eigenvalue weighted by atomic mass is 16.5. The molecular weight excluding hydrogens is 304 g/mol. The van der Waals surface area contributed by atoms with E-state index in [1.807, 2.05) is 6.08 Å². The van der Waals surface area contributed by atoms with Crippen LogP contribution < -0.4 is 0 Å². The second kappa shape index (κ2) is 18.0. The fourth-order valence-electron chi connectivity index (χ4n) is 2.65. The lowest BCUT2D eigenvalue weighted by Gasteiger charge is -2.03. The van der Waals surface area contributed by atoms with Crippen molar-refractivity contribution < 1.29 is 19.1 Å². The van der Waals surface area contributed by atoms with Gasteiger partial charge in [-0.2, -0.15) is 0 Å². The van der Waals surface area contributed by atoms with E-state index in [0.717, 1.165) is 25.7 Å². The molecule has 0 N–H and O–H groups in total.